The van der Waals surface area contributed by atoms with E-state index < -0.39 is 17.7 Å². The second kappa shape index (κ2) is 9.01. The Bertz CT molecular complexity index is 1220. The molecule has 162 valence electrons. The van der Waals surface area contributed by atoms with Gasteiger partial charge in [0.05, 0.1) is 18.7 Å². The van der Waals surface area contributed by atoms with Crippen molar-refractivity contribution < 1.29 is 19.4 Å². The third kappa shape index (κ3) is 4.06. The molecule has 6 heteroatoms. The van der Waals surface area contributed by atoms with Crippen LogP contribution in [0.1, 0.15) is 28.3 Å². The van der Waals surface area contributed by atoms with Crippen molar-refractivity contribution in [1.82, 2.24) is 4.90 Å². The highest BCUT2D eigenvalue weighted by molar-refractivity contribution is 9.10. The third-order valence-electron chi connectivity index (χ3n) is 5.57. The van der Waals surface area contributed by atoms with Gasteiger partial charge in [0.1, 0.15) is 11.5 Å². The van der Waals surface area contributed by atoms with Gasteiger partial charge in [-0.05, 0) is 47.9 Å². The van der Waals surface area contributed by atoms with Gasteiger partial charge in [0.25, 0.3) is 11.7 Å². The van der Waals surface area contributed by atoms with E-state index in [2.05, 4.69) is 15.9 Å². The first kappa shape index (κ1) is 21.8. The molecule has 0 bridgehead atoms. The lowest BCUT2D eigenvalue weighted by atomic mass is 9.95. The number of benzene rings is 3. The molecule has 0 aromatic heterocycles. The molecule has 1 N–H and O–H groups in total. The fourth-order valence-corrected chi connectivity index (χ4v) is 4.19. The van der Waals surface area contributed by atoms with E-state index >= 15 is 0 Å². The molecular weight excluding hydrogens is 470 g/mol. The zero-order chi connectivity index (χ0) is 22.8. The summed E-state index contributed by atoms with van der Waals surface area (Å²) in [6.45, 7) is 2.11. The molecule has 0 saturated carbocycles. The van der Waals surface area contributed by atoms with Crippen molar-refractivity contribution in [2.24, 2.45) is 0 Å². The van der Waals surface area contributed by atoms with Crippen molar-refractivity contribution in [2.45, 2.75) is 19.5 Å². The number of ether oxygens (including phenoxy) is 1. The first-order valence-electron chi connectivity index (χ1n) is 10.1. The predicted molar refractivity (Wildman–Crippen MR) is 126 cm³/mol. The number of aliphatic hydroxyl groups excluding tert-OH is 1. The molecule has 4 rings (SSSR count). The summed E-state index contributed by atoms with van der Waals surface area (Å²) in [7, 11) is 1.58. The van der Waals surface area contributed by atoms with Crippen LogP contribution in [-0.2, 0) is 16.1 Å². The number of Topliss-reactive ketones (excluding diaryl/α,β-unsaturated/α-hetero) is 1. The van der Waals surface area contributed by atoms with Gasteiger partial charge in [-0.2, -0.15) is 0 Å². The van der Waals surface area contributed by atoms with Gasteiger partial charge < -0.3 is 14.7 Å². The zero-order valence-corrected chi connectivity index (χ0v) is 19.3. The van der Waals surface area contributed by atoms with Crippen molar-refractivity contribution in [2.75, 3.05) is 7.11 Å². The molecule has 0 spiro atoms. The summed E-state index contributed by atoms with van der Waals surface area (Å²) in [5, 5.41) is 11.2. The Morgan fingerprint density at radius 2 is 1.78 bits per heavy atom. The highest BCUT2D eigenvalue weighted by atomic mass is 79.9. The lowest BCUT2D eigenvalue weighted by Crippen LogP contribution is -2.29. The molecule has 1 amide bonds. The summed E-state index contributed by atoms with van der Waals surface area (Å²) in [6.07, 6.45) is 0. The molecule has 3 aromatic rings. The standard InChI is InChI=1S/C26H22BrNO4/c1-16-13-19(11-12-21(16)27)24(29)22-23(18-8-4-3-5-9-18)28(26(31)25(22)30)15-17-7-6-10-20(14-17)32-2/h3-14,23,29H,15H2,1-2H3/b24-22-. The van der Waals surface area contributed by atoms with E-state index in [1.165, 1.54) is 4.90 Å². The fraction of sp³-hybridized carbons (Fsp3) is 0.154. The molecule has 1 fully saturated rings. The van der Waals surface area contributed by atoms with Crippen molar-refractivity contribution in [1.29, 1.82) is 0 Å². The molecule has 3 aromatic carbocycles. The first-order valence-corrected chi connectivity index (χ1v) is 10.9. The molecule has 32 heavy (non-hydrogen) atoms. The average Bonchev–Trinajstić information content (AvgIpc) is 3.06. The topological polar surface area (TPSA) is 66.8 Å². The molecule has 1 saturated heterocycles. The number of carbonyl (C=O) groups is 2. The molecule has 1 atom stereocenters. The van der Waals surface area contributed by atoms with Gasteiger partial charge in [0, 0.05) is 16.6 Å². The van der Waals surface area contributed by atoms with Crippen molar-refractivity contribution in [3.63, 3.8) is 0 Å². The number of hydrogen-bond donors (Lipinski definition) is 1. The van der Waals surface area contributed by atoms with Crippen LogP contribution in [0.3, 0.4) is 0 Å². The molecule has 0 aliphatic carbocycles. The number of aliphatic hydroxyl groups is 1. The second-order valence-electron chi connectivity index (χ2n) is 7.65. The van der Waals surface area contributed by atoms with Crippen LogP contribution in [0.5, 0.6) is 5.75 Å². The molecule has 1 unspecified atom stereocenters. The Balaban J connectivity index is 1.84. The lowest BCUT2D eigenvalue weighted by Gasteiger charge is -2.25. The molecule has 5 nitrogen and oxygen atoms in total. The summed E-state index contributed by atoms with van der Waals surface area (Å²) < 4.78 is 6.19. The van der Waals surface area contributed by atoms with Crippen LogP contribution in [0.4, 0.5) is 0 Å². The van der Waals surface area contributed by atoms with Crippen LogP contribution in [0.2, 0.25) is 0 Å². The van der Waals surface area contributed by atoms with E-state index in [9.17, 15) is 14.7 Å². The van der Waals surface area contributed by atoms with Crippen LogP contribution in [0, 0.1) is 6.92 Å². The van der Waals surface area contributed by atoms with E-state index in [1.807, 2.05) is 67.6 Å². The minimum Gasteiger partial charge on any atom is -0.507 e. The van der Waals surface area contributed by atoms with Gasteiger partial charge >= 0.3 is 0 Å². The summed E-state index contributed by atoms with van der Waals surface area (Å²) in [5.74, 6) is -0.849. The van der Waals surface area contributed by atoms with Crippen LogP contribution >= 0.6 is 15.9 Å². The van der Waals surface area contributed by atoms with E-state index in [0.29, 0.717) is 11.3 Å². The quantitative estimate of drug-likeness (QED) is 0.295. The highest BCUT2D eigenvalue weighted by Gasteiger charge is 2.46. The largest absolute Gasteiger partial charge is 0.507 e. The molecule has 1 aliphatic rings. The van der Waals surface area contributed by atoms with Gasteiger partial charge in [-0.15, -0.1) is 0 Å². The van der Waals surface area contributed by atoms with Crippen LogP contribution in [0.25, 0.3) is 5.76 Å². The van der Waals surface area contributed by atoms with E-state index in [4.69, 9.17) is 4.74 Å². The number of likely N-dealkylation sites (tertiary alicyclic amines) is 1. The lowest BCUT2D eigenvalue weighted by molar-refractivity contribution is -0.140. The smallest absolute Gasteiger partial charge is 0.295 e. The highest BCUT2D eigenvalue weighted by Crippen LogP contribution is 2.40. The van der Waals surface area contributed by atoms with Crippen molar-refractivity contribution in [3.8, 4) is 5.75 Å². The molecule has 1 heterocycles. The molecular formula is C26H22BrNO4. The van der Waals surface area contributed by atoms with Crippen molar-refractivity contribution >= 4 is 33.4 Å². The predicted octanol–water partition coefficient (Wildman–Crippen LogP) is 5.39. The number of methoxy groups -OCH3 is 1. The van der Waals surface area contributed by atoms with Gasteiger partial charge in [-0.3, -0.25) is 9.59 Å². The minimum atomic E-state index is -0.702. The number of rotatable bonds is 5. The van der Waals surface area contributed by atoms with E-state index in [0.717, 1.165) is 21.2 Å². The summed E-state index contributed by atoms with van der Waals surface area (Å²) >= 11 is 3.45. The summed E-state index contributed by atoms with van der Waals surface area (Å²) in [6, 6.07) is 21.3. The number of halogens is 1. The van der Waals surface area contributed by atoms with Gasteiger partial charge in [-0.1, -0.05) is 64.5 Å². The SMILES string of the molecule is COc1cccc(CN2C(=O)C(=O)/C(=C(\O)c3ccc(Br)c(C)c3)C2c2ccccc2)c1. The Morgan fingerprint density at radius 1 is 1.03 bits per heavy atom. The number of aryl methyl sites for hydroxylation is 1. The normalized spacial score (nSPS) is 17.6. The number of carbonyl (C=O) groups excluding carboxylic acids is 2. The van der Waals surface area contributed by atoms with Gasteiger partial charge in [0.15, 0.2) is 0 Å². The molecule has 1 aliphatic heterocycles. The maximum absolute atomic E-state index is 13.1. The van der Waals surface area contributed by atoms with E-state index in [-0.39, 0.29) is 17.9 Å². The molecule has 0 radical (unpaired) electrons. The minimum absolute atomic E-state index is 0.0887. The fourth-order valence-electron chi connectivity index (χ4n) is 3.94. The monoisotopic (exact) mass is 491 g/mol. The van der Waals surface area contributed by atoms with E-state index in [1.54, 1.807) is 19.2 Å². The zero-order valence-electron chi connectivity index (χ0n) is 17.7. The second-order valence-corrected chi connectivity index (χ2v) is 8.51. The maximum atomic E-state index is 13.1. The number of nitrogens with zero attached hydrogens (tertiary/aromatic N) is 1. The summed E-state index contributed by atoms with van der Waals surface area (Å²) in [4.78, 5) is 27.7. The first-order chi connectivity index (χ1) is 15.4. The average molecular weight is 492 g/mol. The van der Waals surface area contributed by atoms with Gasteiger partial charge in [-0.25, -0.2) is 0 Å². The Morgan fingerprint density at radius 3 is 2.47 bits per heavy atom. The third-order valence-corrected chi connectivity index (χ3v) is 6.46. The Kier molecular flexibility index (Phi) is 6.15. The van der Waals surface area contributed by atoms with Crippen LogP contribution in [-0.4, -0.2) is 28.8 Å². The maximum Gasteiger partial charge on any atom is 0.295 e. The number of ketones is 1. The Labute approximate surface area is 195 Å². The van der Waals surface area contributed by atoms with Crippen LogP contribution < -0.4 is 4.74 Å². The number of hydrogen-bond acceptors (Lipinski definition) is 4. The Hall–Kier alpha value is -3.38. The van der Waals surface area contributed by atoms with Crippen LogP contribution in [0.15, 0.2) is 82.8 Å². The number of amides is 1. The summed E-state index contributed by atoms with van der Waals surface area (Å²) in [5.41, 5.74) is 3.07. The van der Waals surface area contributed by atoms with Gasteiger partial charge in [0.2, 0.25) is 0 Å². The van der Waals surface area contributed by atoms with Crippen molar-refractivity contribution in [3.05, 3.63) is 105 Å².